The SMILES string of the molecule is CC(C)c1n[nH]c(C2CN(C(=O)c3ccncc3)CC23CCCC3)n1. The van der Waals surface area contributed by atoms with Crippen LogP contribution in [0.1, 0.15) is 73.4 Å². The summed E-state index contributed by atoms with van der Waals surface area (Å²) in [6.45, 7) is 5.74. The molecule has 132 valence electrons. The first-order valence-electron chi connectivity index (χ1n) is 9.20. The van der Waals surface area contributed by atoms with Gasteiger partial charge in [-0.1, -0.05) is 26.7 Å². The van der Waals surface area contributed by atoms with E-state index in [1.165, 1.54) is 12.8 Å². The fourth-order valence-corrected chi connectivity index (χ4v) is 4.46. The summed E-state index contributed by atoms with van der Waals surface area (Å²) in [6, 6.07) is 3.59. The zero-order chi connectivity index (χ0) is 17.4. The van der Waals surface area contributed by atoms with Gasteiger partial charge in [0.2, 0.25) is 0 Å². The van der Waals surface area contributed by atoms with E-state index in [1.807, 2.05) is 4.90 Å². The van der Waals surface area contributed by atoms with Crippen molar-refractivity contribution in [2.45, 2.75) is 51.4 Å². The Morgan fingerprint density at radius 2 is 2.00 bits per heavy atom. The maximum absolute atomic E-state index is 12.9. The summed E-state index contributed by atoms with van der Waals surface area (Å²) in [4.78, 5) is 23.7. The molecule has 3 heterocycles. The molecule has 2 fully saturated rings. The lowest BCUT2D eigenvalue weighted by Crippen LogP contribution is -2.31. The van der Waals surface area contributed by atoms with E-state index in [1.54, 1.807) is 24.5 Å². The van der Waals surface area contributed by atoms with Gasteiger partial charge in [-0.25, -0.2) is 4.98 Å². The van der Waals surface area contributed by atoms with Gasteiger partial charge in [-0.15, -0.1) is 0 Å². The Kier molecular flexibility index (Phi) is 4.06. The van der Waals surface area contributed by atoms with E-state index >= 15 is 0 Å². The van der Waals surface area contributed by atoms with Crippen molar-refractivity contribution in [3.05, 3.63) is 41.7 Å². The molecule has 2 aromatic heterocycles. The van der Waals surface area contributed by atoms with E-state index in [9.17, 15) is 4.79 Å². The maximum atomic E-state index is 12.9. The molecule has 4 rings (SSSR count). The summed E-state index contributed by atoms with van der Waals surface area (Å²) in [6.07, 6.45) is 8.15. The Balaban J connectivity index is 1.62. The molecule has 1 aliphatic heterocycles. The van der Waals surface area contributed by atoms with Crippen LogP contribution in [0, 0.1) is 5.41 Å². The monoisotopic (exact) mass is 339 g/mol. The topological polar surface area (TPSA) is 74.8 Å². The van der Waals surface area contributed by atoms with E-state index in [0.717, 1.165) is 31.0 Å². The van der Waals surface area contributed by atoms with Crippen LogP contribution in [0.5, 0.6) is 0 Å². The highest BCUT2D eigenvalue weighted by molar-refractivity contribution is 5.94. The maximum Gasteiger partial charge on any atom is 0.254 e. The predicted molar refractivity (Wildman–Crippen MR) is 94.3 cm³/mol. The first kappa shape index (κ1) is 16.2. The minimum absolute atomic E-state index is 0.0970. The Bertz CT molecular complexity index is 748. The smallest absolute Gasteiger partial charge is 0.254 e. The van der Waals surface area contributed by atoms with Crippen LogP contribution in [0.25, 0.3) is 0 Å². The molecule has 2 aromatic rings. The Hall–Kier alpha value is -2.24. The number of pyridine rings is 1. The van der Waals surface area contributed by atoms with Gasteiger partial charge in [-0.05, 0) is 30.4 Å². The summed E-state index contributed by atoms with van der Waals surface area (Å²) in [7, 11) is 0. The molecule has 2 aliphatic rings. The van der Waals surface area contributed by atoms with Crippen molar-refractivity contribution in [3.8, 4) is 0 Å². The number of hydrogen-bond acceptors (Lipinski definition) is 4. The molecule has 25 heavy (non-hydrogen) atoms. The Morgan fingerprint density at radius 1 is 1.28 bits per heavy atom. The van der Waals surface area contributed by atoms with Crippen LogP contribution in [-0.2, 0) is 0 Å². The number of rotatable bonds is 3. The summed E-state index contributed by atoms with van der Waals surface area (Å²) in [5, 5.41) is 7.57. The number of carbonyl (C=O) groups excluding carboxylic acids is 1. The van der Waals surface area contributed by atoms with Crippen molar-refractivity contribution in [1.29, 1.82) is 0 Å². The Morgan fingerprint density at radius 3 is 2.64 bits per heavy atom. The largest absolute Gasteiger partial charge is 0.337 e. The fourth-order valence-electron chi connectivity index (χ4n) is 4.46. The van der Waals surface area contributed by atoms with E-state index in [0.29, 0.717) is 18.0 Å². The first-order chi connectivity index (χ1) is 12.1. The highest BCUT2D eigenvalue weighted by Crippen LogP contribution is 2.52. The third-order valence-electron chi connectivity index (χ3n) is 5.83. The van der Waals surface area contributed by atoms with Crippen LogP contribution < -0.4 is 0 Å². The number of carbonyl (C=O) groups is 1. The summed E-state index contributed by atoms with van der Waals surface area (Å²) >= 11 is 0. The summed E-state index contributed by atoms with van der Waals surface area (Å²) < 4.78 is 0. The number of hydrogen-bond donors (Lipinski definition) is 1. The van der Waals surface area contributed by atoms with Crippen molar-refractivity contribution in [2.24, 2.45) is 5.41 Å². The molecule has 0 radical (unpaired) electrons. The highest BCUT2D eigenvalue weighted by atomic mass is 16.2. The van der Waals surface area contributed by atoms with Crippen LogP contribution in [-0.4, -0.2) is 44.1 Å². The second-order valence-corrected chi connectivity index (χ2v) is 7.78. The number of amides is 1. The van der Waals surface area contributed by atoms with Crippen LogP contribution in [0.3, 0.4) is 0 Å². The molecule has 0 bridgehead atoms. The van der Waals surface area contributed by atoms with E-state index < -0.39 is 0 Å². The van der Waals surface area contributed by atoms with E-state index in [4.69, 9.17) is 4.98 Å². The molecule has 1 aliphatic carbocycles. The molecular formula is C19H25N5O. The lowest BCUT2D eigenvalue weighted by Gasteiger charge is -2.28. The third kappa shape index (κ3) is 2.83. The fraction of sp³-hybridized carbons (Fsp3) is 0.579. The van der Waals surface area contributed by atoms with Gasteiger partial charge in [0.05, 0.1) is 0 Å². The molecule has 1 saturated heterocycles. The minimum atomic E-state index is 0.0970. The van der Waals surface area contributed by atoms with Gasteiger partial charge < -0.3 is 4.90 Å². The van der Waals surface area contributed by atoms with Crippen molar-refractivity contribution >= 4 is 5.91 Å². The van der Waals surface area contributed by atoms with E-state index in [2.05, 4.69) is 29.0 Å². The zero-order valence-corrected chi connectivity index (χ0v) is 14.9. The van der Waals surface area contributed by atoms with Gasteiger partial charge in [-0.2, -0.15) is 5.10 Å². The Labute approximate surface area is 148 Å². The number of aromatic nitrogens is 4. The molecule has 1 atom stereocenters. The number of H-pyrrole nitrogens is 1. The molecule has 1 spiro atoms. The standard InChI is InChI=1S/C19H25N5O/c1-13(2)16-21-17(23-22-16)15-11-24(12-19(15)7-3-4-8-19)18(25)14-5-9-20-10-6-14/h5-6,9-10,13,15H,3-4,7-8,11-12H2,1-2H3,(H,21,22,23). The van der Waals surface area contributed by atoms with Crippen LogP contribution >= 0.6 is 0 Å². The molecule has 1 amide bonds. The molecular weight excluding hydrogens is 314 g/mol. The van der Waals surface area contributed by atoms with Crippen molar-refractivity contribution in [1.82, 2.24) is 25.1 Å². The second-order valence-electron chi connectivity index (χ2n) is 7.78. The van der Waals surface area contributed by atoms with Crippen molar-refractivity contribution in [3.63, 3.8) is 0 Å². The molecule has 1 unspecified atom stereocenters. The quantitative estimate of drug-likeness (QED) is 0.932. The number of likely N-dealkylation sites (tertiary alicyclic amines) is 1. The van der Waals surface area contributed by atoms with Gasteiger partial charge in [0.1, 0.15) is 5.82 Å². The molecule has 0 aromatic carbocycles. The highest BCUT2D eigenvalue weighted by Gasteiger charge is 2.51. The third-order valence-corrected chi connectivity index (χ3v) is 5.83. The van der Waals surface area contributed by atoms with Gasteiger partial charge in [0, 0.05) is 42.9 Å². The van der Waals surface area contributed by atoms with Crippen LogP contribution in [0.15, 0.2) is 24.5 Å². The van der Waals surface area contributed by atoms with Crippen LogP contribution in [0.2, 0.25) is 0 Å². The zero-order valence-electron chi connectivity index (χ0n) is 14.9. The lowest BCUT2D eigenvalue weighted by atomic mass is 9.76. The molecule has 1 saturated carbocycles. The lowest BCUT2D eigenvalue weighted by molar-refractivity contribution is 0.0773. The average Bonchev–Trinajstić information content (AvgIpc) is 3.35. The predicted octanol–water partition coefficient (Wildman–Crippen LogP) is 3.12. The summed E-state index contributed by atoms with van der Waals surface area (Å²) in [5.74, 6) is 2.47. The first-order valence-corrected chi connectivity index (χ1v) is 9.20. The van der Waals surface area contributed by atoms with Gasteiger partial charge in [0.15, 0.2) is 5.82 Å². The second kappa shape index (κ2) is 6.24. The van der Waals surface area contributed by atoms with Crippen molar-refractivity contribution < 1.29 is 4.79 Å². The van der Waals surface area contributed by atoms with Crippen LogP contribution in [0.4, 0.5) is 0 Å². The van der Waals surface area contributed by atoms with Gasteiger partial charge in [-0.3, -0.25) is 14.9 Å². The van der Waals surface area contributed by atoms with Gasteiger partial charge in [0.25, 0.3) is 5.91 Å². The number of nitrogens with one attached hydrogen (secondary N) is 1. The van der Waals surface area contributed by atoms with Gasteiger partial charge >= 0.3 is 0 Å². The minimum Gasteiger partial charge on any atom is -0.337 e. The average molecular weight is 339 g/mol. The number of nitrogens with zero attached hydrogens (tertiary/aromatic N) is 4. The molecule has 6 nitrogen and oxygen atoms in total. The normalized spacial score (nSPS) is 22.2. The van der Waals surface area contributed by atoms with Crippen molar-refractivity contribution in [2.75, 3.05) is 13.1 Å². The molecule has 6 heteroatoms. The summed E-state index contributed by atoms with van der Waals surface area (Å²) in [5.41, 5.74) is 0.862. The number of aromatic amines is 1. The van der Waals surface area contributed by atoms with E-state index in [-0.39, 0.29) is 17.2 Å². The molecule has 1 N–H and O–H groups in total.